The topological polar surface area (TPSA) is 86.7 Å². The highest BCUT2D eigenvalue weighted by Gasteiger charge is 2.80. The van der Waals surface area contributed by atoms with E-state index in [1.807, 2.05) is 0 Å². The fourth-order valence-corrected chi connectivity index (χ4v) is 13.9. The molecule has 5 aliphatic carbocycles. The summed E-state index contributed by atoms with van der Waals surface area (Å²) in [5, 5.41) is 10.9. The number of hydrogen-bond donors (Lipinski definition) is 1. The molecule has 0 aromatic rings. The number of carbonyl (C=O) groups is 1. The number of carbonyl (C=O) groups excluding carboxylic acids is 1. The van der Waals surface area contributed by atoms with Gasteiger partial charge in [0, 0.05) is 39.3 Å². The zero-order valence-corrected chi connectivity index (χ0v) is 30.1. The monoisotopic (exact) mass is 657 g/mol. The molecule has 0 bridgehead atoms. The molecule has 266 valence electrons. The van der Waals surface area contributed by atoms with Crippen LogP contribution in [-0.2, 0) is 28.5 Å². The van der Waals surface area contributed by atoms with Gasteiger partial charge < -0.3 is 28.8 Å². The molecule has 0 aromatic heterocycles. The van der Waals surface area contributed by atoms with Crippen molar-refractivity contribution in [1.82, 2.24) is 4.90 Å². The van der Waals surface area contributed by atoms with E-state index in [-0.39, 0.29) is 36.0 Å². The highest BCUT2D eigenvalue weighted by Crippen LogP contribution is 2.87. The first-order valence-corrected chi connectivity index (χ1v) is 19.4. The van der Waals surface area contributed by atoms with Crippen LogP contribution in [0.15, 0.2) is 0 Å². The van der Waals surface area contributed by atoms with Gasteiger partial charge in [0.2, 0.25) is 0 Å². The standard InChI is InChI=1S/C39H63NO7/c1-24(41)45-34(36(4,5)42)29-9-7-27-30(46-29)21-28-26-8-10-31-35(2,3)32(11-14-39(31)23-38(26,39)16-15-37(27,28)6)47-33-22-40(17-20-44-33)25-12-18-43-19-13-25/h25-34,42H,7-23H2,1-6H3/t26?,27?,28?,29?,30?,31?,32-,33?,34-,37?,38-,39?/m0/s1. The molecule has 2 spiro atoms. The van der Waals surface area contributed by atoms with Gasteiger partial charge in [-0.3, -0.25) is 9.69 Å². The Hall–Kier alpha value is -0.770. The third-order valence-corrected chi connectivity index (χ3v) is 16.0. The summed E-state index contributed by atoms with van der Waals surface area (Å²) in [7, 11) is 0. The third kappa shape index (κ3) is 5.22. The van der Waals surface area contributed by atoms with Crippen LogP contribution in [0.3, 0.4) is 0 Å². The van der Waals surface area contributed by atoms with Crippen LogP contribution in [0.4, 0.5) is 0 Å². The molecule has 0 aromatic carbocycles. The molecule has 12 atom stereocenters. The van der Waals surface area contributed by atoms with Crippen LogP contribution in [0.5, 0.6) is 0 Å². The van der Waals surface area contributed by atoms with Gasteiger partial charge in [-0.2, -0.15) is 0 Å². The number of fused-ring (bicyclic) bond motifs is 4. The van der Waals surface area contributed by atoms with E-state index in [2.05, 4.69) is 25.7 Å². The molecule has 1 N–H and O–H groups in total. The van der Waals surface area contributed by atoms with Gasteiger partial charge in [0.25, 0.3) is 0 Å². The van der Waals surface area contributed by atoms with Gasteiger partial charge in [-0.05, 0) is 136 Å². The van der Waals surface area contributed by atoms with E-state index >= 15 is 0 Å². The minimum absolute atomic E-state index is 0.118. The third-order valence-electron chi connectivity index (χ3n) is 16.0. The number of esters is 1. The summed E-state index contributed by atoms with van der Waals surface area (Å²) in [6.07, 6.45) is 14.0. The van der Waals surface area contributed by atoms with E-state index < -0.39 is 11.7 Å². The number of aliphatic hydroxyl groups is 1. The summed E-state index contributed by atoms with van der Waals surface area (Å²) >= 11 is 0. The van der Waals surface area contributed by atoms with Crippen LogP contribution < -0.4 is 0 Å². The van der Waals surface area contributed by atoms with Crippen molar-refractivity contribution in [3.63, 3.8) is 0 Å². The first-order chi connectivity index (χ1) is 22.3. The second-order valence-electron chi connectivity index (χ2n) is 18.8. The number of ether oxygens (including phenoxy) is 5. The average molecular weight is 658 g/mol. The molecular weight excluding hydrogens is 594 g/mol. The molecule has 8 heteroatoms. The summed E-state index contributed by atoms with van der Waals surface area (Å²) in [4.78, 5) is 14.6. The fraction of sp³-hybridized carbons (Fsp3) is 0.974. The molecule has 3 heterocycles. The second kappa shape index (κ2) is 11.6. The van der Waals surface area contributed by atoms with E-state index in [1.165, 1.54) is 45.4 Å². The molecule has 5 saturated carbocycles. The number of morpholine rings is 1. The van der Waals surface area contributed by atoms with E-state index in [4.69, 9.17) is 23.7 Å². The van der Waals surface area contributed by atoms with Crippen LogP contribution in [-0.4, -0.2) is 91.2 Å². The molecule has 3 aliphatic heterocycles. The molecule has 47 heavy (non-hydrogen) atoms. The Morgan fingerprint density at radius 2 is 1.68 bits per heavy atom. The minimum Gasteiger partial charge on any atom is -0.457 e. The van der Waals surface area contributed by atoms with Crippen LogP contribution in [0, 0.1) is 45.3 Å². The number of rotatable bonds is 6. The van der Waals surface area contributed by atoms with Crippen molar-refractivity contribution >= 4 is 5.97 Å². The van der Waals surface area contributed by atoms with Gasteiger partial charge in [0.15, 0.2) is 12.4 Å². The molecule has 0 radical (unpaired) electrons. The molecular formula is C39H63NO7. The van der Waals surface area contributed by atoms with E-state index in [0.717, 1.165) is 77.4 Å². The van der Waals surface area contributed by atoms with Gasteiger partial charge >= 0.3 is 5.97 Å². The summed E-state index contributed by atoms with van der Waals surface area (Å²) in [6.45, 7) is 17.0. The summed E-state index contributed by atoms with van der Waals surface area (Å²) < 4.78 is 31.4. The van der Waals surface area contributed by atoms with Crippen LogP contribution in [0.25, 0.3) is 0 Å². The van der Waals surface area contributed by atoms with E-state index in [0.29, 0.717) is 40.0 Å². The second-order valence-corrected chi connectivity index (χ2v) is 18.8. The predicted octanol–water partition coefficient (Wildman–Crippen LogP) is 6.12. The van der Waals surface area contributed by atoms with Crippen molar-refractivity contribution in [1.29, 1.82) is 0 Å². The number of hydrogen-bond acceptors (Lipinski definition) is 8. The molecule has 9 unspecified atom stereocenters. The maximum Gasteiger partial charge on any atom is 0.303 e. The van der Waals surface area contributed by atoms with Crippen molar-refractivity contribution in [3.05, 3.63) is 0 Å². The molecule has 3 saturated heterocycles. The van der Waals surface area contributed by atoms with Crippen LogP contribution in [0.1, 0.15) is 119 Å². The number of nitrogens with zero attached hydrogens (tertiary/aromatic N) is 1. The van der Waals surface area contributed by atoms with Gasteiger partial charge in [-0.15, -0.1) is 0 Å². The minimum atomic E-state index is -1.13. The van der Waals surface area contributed by atoms with E-state index in [1.54, 1.807) is 13.8 Å². The highest BCUT2D eigenvalue weighted by molar-refractivity contribution is 5.66. The summed E-state index contributed by atoms with van der Waals surface area (Å²) in [6, 6.07) is 0.604. The first-order valence-electron chi connectivity index (χ1n) is 19.4. The zero-order chi connectivity index (χ0) is 33.0. The van der Waals surface area contributed by atoms with Gasteiger partial charge in [-0.25, -0.2) is 0 Å². The van der Waals surface area contributed by atoms with Gasteiger partial charge in [0.1, 0.15) is 0 Å². The Balaban J connectivity index is 0.953. The van der Waals surface area contributed by atoms with Crippen LogP contribution >= 0.6 is 0 Å². The Labute approximate surface area is 283 Å². The molecule has 0 amide bonds. The van der Waals surface area contributed by atoms with Crippen molar-refractivity contribution in [2.75, 3.05) is 32.9 Å². The van der Waals surface area contributed by atoms with Gasteiger partial charge in [0.05, 0.1) is 30.5 Å². The lowest BCUT2D eigenvalue weighted by molar-refractivity contribution is -0.249. The molecule has 8 fully saturated rings. The smallest absolute Gasteiger partial charge is 0.303 e. The Bertz CT molecular complexity index is 1200. The fourth-order valence-electron chi connectivity index (χ4n) is 13.9. The van der Waals surface area contributed by atoms with Crippen molar-refractivity contribution in [2.24, 2.45) is 45.3 Å². The molecule has 8 nitrogen and oxygen atoms in total. The van der Waals surface area contributed by atoms with Crippen LogP contribution in [0.2, 0.25) is 0 Å². The largest absolute Gasteiger partial charge is 0.457 e. The Kier molecular flexibility index (Phi) is 8.26. The van der Waals surface area contributed by atoms with Crippen molar-refractivity contribution < 1.29 is 33.6 Å². The lowest BCUT2D eigenvalue weighted by Crippen LogP contribution is -2.57. The summed E-state index contributed by atoms with van der Waals surface area (Å²) in [5.74, 6) is 2.41. The van der Waals surface area contributed by atoms with Gasteiger partial charge in [-0.1, -0.05) is 20.8 Å². The highest BCUT2D eigenvalue weighted by atomic mass is 16.7. The predicted molar refractivity (Wildman–Crippen MR) is 177 cm³/mol. The SMILES string of the molecule is CC(=O)O[C@@H](C1CCC2C(CC3C4CCC5C(C)(C)[C@@H](OC6CN(C7CCOCC7)CCO6)CCC56C[C@@]46CCC23C)O1)C(C)(C)O. The zero-order valence-electron chi connectivity index (χ0n) is 30.1. The lowest BCUT2D eigenvalue weighted by Gasteiger charge is -2.60. The maximum absolute atomic E-state index is 12.0. The average Bonchev–Trinajstić information content (AvgIpc) is 3.61. The Morgan fingerprint density at radius 1 is 0.915 bits per heavy atom. The quantitative estimate of drug-likeness (QED) is 0.342. The lowest BCUT2D eigenvalue weighted by atomic mass is 9.46. The van der Waals surface area contributed by atoms with E-state index in [9.17, 15) is 9.90 Å². The first kappa shape index (κ1) is 33.4. The maximum atomic E-state index is 12.0. The van der Waals surface area contributed by atoms with Crippen molar-refractivity contribution in [3.8, 4) is 0 Å². The Morgan fingerprint density at radius 3 is 2.43 bits per heavy atom. The summed E-state index contributed by atoms with van der Waals surface area (Å²) in [5.41, 5.74) is 0.285. The molecule has 8 aliphatic rings. The normalized spacial score (nSPS) is 48.7. The molecule has 8 rings (SSSR count). The van der Waals surface area contributed by atoms with Crippen molar-refractivity contribution in [2.45, 2.75) is 161 Å².